The van der Waals surface area contributed by atoms with Crippen LogP contribution >= 0.6 is 0 Å². The summed E-state index contributed by atoms with van der Waals surface area (Å²) in [6, 6.07) is 8.31. The first-order valence-corrected chi connectivity index (χ1v) is 25.0. The van der Waals surface area contributed by atoms with E-state index in [-0.39, 0.29) is 36.2 Å². The normalized spacial score (nSPS) is 27.0. The third-order valence-electron chi connectivity index (χ3n) is 16.2. The third-order valence-corrected chi connectivity index (χ3v) is 16.2. The minimum absolute atomic E-state index is 0.0646. The van der Waals surface area contributed by atoms with Gasteiger partial charge in [-0.25, -0.2) is 0 Å². The summed E-state index contributed by atoms with van der Waals surface area (Å²) in [6.07, 6.45) is 22.2. The summed E-state index contributed by atoms with van der Waals surface area (Å²) in [5, 5.41) is 6.53. The fraction of sp³-hybridized carbons (Fsp3) is 0.736. The molecule has 0 aliphatic heterocycles. The van der Waals surface area contributed by atoms with Crippen LogP contribution < -0.4 is 15.5 Å². The summed E-state index contributed by atoms with van der Waals surface area (Å²) >= 11 is 0. The van der Waals surface area contributed by atoms with E-state index in [1.165, 1.54) is 57.1 Å². The fourth-order valence-electron chi connectivity index (χ4n) is 12.6. The van der Waals surface area contributed by atoms with Crippen molar-refractivity contribution in [1.29, 1.82) is 0 Å². The van der Waals surface area contributed by atoms with E-state index in [1.54, 1.807) is 5.57 Å². The second-order valence-corrected chi connectivity index (χ2v) is 21.5. The standard InChI is InChI=1S/C53H85N7O3/c1-38(2)13-12-14-39(3)47-17-18-48-46-16-15-40-33-45(21-25-52(40,4)49(46)22-26-53(47,48)5)63-51(62)20-19-50(61)57-28-11-10-27-54-41-23-29-55-42(34-41)36-59(8)31-32-60(9)37-43-35-44(58(6)7)24-30-56-43/h15,23-24,29-30,34-35,38-39,45-49H,10-14,16-22,25-28,31-33,36-37H2,1-9H3,(H,54,55)(H,57,61). The highest BCUT2D eigenvalue weighted by Crippen LogP contribution is 2.67. The number of hydrogen-bond donors (Lipinski definition) is 2. The summed E-state index contributed by atoms with van der Waals surface area (Å²) in [4.78, 5) is 41.5. The van der Waals surface area contributed by atoms with Gasteiger partial charge in [0.05, 0.1) is 17.8 Å². The average Bonchev–Trinajstić information content (AvgIpc) is 3.61. The number of carbonyl (C=O) groups is 2. The largest absolute Gasteiger partial charge is 0.462 e. The zero-order chi connectivity index (χ0) is 45.1. The SMILES string of the molecule is CC(C)CCCC(C)C1CCC2C3CC=C4CC(OC(=O)CCC(=O)NCCCCNc5ccnc(CN(C)CCN(C)Cc6cc(N(C)C)ccn6)c5)CCC4(C)C3CCC12C. The van der Waals surface area contributed by atoms with E-state index >= 15 is 0 Å². The number of pyridine rings is 2. The maximum atomic E-state index is 13.0. The monoisotopic (exact) mass is 868 g/mol. The molecule has 10 nitrogen and oxygen atoms in total. The van der Waals surface area contributed by atoms with Gasteiger partial charge in [0.2, 0.25) is 5.91 Å². The second kappa shape index (κ2) is 22.6. The number of fused-ring (bicyclic) bond motifs is 5. The van der Waals surface area contributed by atoms with Gasteiger partial charge in [-0.3, -0.25) is 29.4 Å². The predicted molar refractivity (Wildman–Crippen MR) is 258 cm³/mol. The van der Waals surface area contributed by atoms with Crippen LogP contribution in [0.15, 0.2) is 48.3 Å². The number of ether oxygens (including phenoxy) is 1. The first kappa shape index (κ1) is 48.9. The van der Waals surface area contributed by atoms with Crippen molar-refractivity contribution in [1.82, 2.24) is 25.1 Å². The second-order valence-electron chi connectivity index (χ2n) is 21.5. The molecule has 0 saturated heterocycles. The van der Waals surface area contributed by atoms with Crippen LogP contribution in [0.2, 0.25) is 0 Å². The lowest BCUT2D eigenvalue weighted by atomic mass is 9.47. The number of likely N-dealkylation sites (N-methyl/N-ethyl adjacent to an activating group) is 2. The van der Waals surface area contributed by atoms with E-state index in [9.17, 15) is 9.59 Å². The number of allylic oxidation sites excluding steroid dienone is 1. The first-order valence-electron chi connectivity index (χ1n) is 25.0. The Bertz CT molecular complexity index is 1820. The van der Waals surface area contributed by atoms with Crippen LogP contribution in [0.5, 0.6) is 0 Å². The molecule has 2 aromatic heterocycles. The molecule has 4 aliphatic carbocycles. The van der Waals surface area contributed by atoms with E-state index in [2.05, 4.69) is 116 Å². The number of aromatic nitrogens is 2. The lowest BCUT2D eigenvalue weighted by Crippen LogP contribution is -2.51. The van der Waals surface area contributed by atoms with E-state index in [4.69, 9.17) is 4.74 Å². The summed E-state index contributed by atoms with van der Waals surface area (Å²) in [5.74, 6) is 4.62. The van der Waals surface area contributed by atoms with Gasteiger partial charge in [0.15, 0.2) is 0 Å². The smallest absolute Gasteiger partial charge is 0.306 e. The summed E-state index contributed by atoms with van der Waals surface area (Å²) in [6.45, 7) is 17.4. The third kappa shape index (κ3) is 13.1. The number of amides is 1. The van der Waals surface area contributed by atoms with Gasteiger partial charge < -0.3 is 20.3 Å². The van der Waals surface area contributed by atoms with Gasteiger partial charge >= 0.3 is 5.97 Å². The van der Waals surface area contributed by atoms with E-state index < -0.39 is 0 Å². The highest BCUT2D eigenvalue weighted by molar-refractivity contribution is 5.81. The topological polar surface area (TPSA) is 103 Å². The van der Waals surface area contributed by atoms with Crippen LogP contribution in [0.4, 0.5) is 11.4 Å². The minimum Gasteiger partial charge on any atom is -0.462 e. The Morgan fingerprint density at radius 1 is 0.825 bits per heavy atom. The van der Waals surface area contributed by atoms with Gasteiger partial charge in [-0.05, 0) is 142 Å². The van der Waals surface area contributed by atoms with Crippen molar-refractivity contribution < 1.29 is 14.3 Å². The van der Waals surface area contributed by atoms with Crippen LogP contribution in [0.1, 0.15) is 142 Å². The number of nitrogens with one attached hydrogen (secondary N) is 2. The molecule has 63 heavy (non-hydrogen) atoms. The van der Waals surface area contributed by atoms with Crippen LogP contribution in [0, 0.1) is 46.3 Å². The number of anilines is 2. The number of esters is 1. The fourth-order valence-corrected chi connectivity index (χ4v) is 12.6. The number of carbonyl (C=O) groups excluding carboxylic acids is 2. The molecule has 6 rings (SSSR count). The Labute approximate surface area is 382 Å². The molecule has 1 amide bonds. The van der Waals surface area contributed by atoms with Crippen molar-refractivity contribution in [3.63, 3.8) is 0 Å². The van der Waals surface area contributed by atoms with Gasteiger partial charge in [-0.1, -0.05) is 65.5 Å². The molecule has 8 atom stereocenters. The molecule has 10 heteroatoms. The zero-order valence-electron chi connectivity index (χ0n) is 40.9. The predicted octanol–water partition coefficient (Wildman–Crippen LogP) is 10.1. The van der Waals surface area contributed by atoms with Crippen molar-refractivity contribution in [2.75, 3.05) is 64.6 Å². The van der Waals surface area contributed by atoms with Gasteiger partial charge in [0.25, 0.3) is 0 Å². The van der Waals surface area contributed by atoms with E-state index in [0.29, 0.717) is 12.0 Å². The van der Waals surface area contributed by atoms with Gasteiger partial charge in [0.1, 0.15) is 6.10 Å². The molecule has 3 saturated carbocycles. The molecule has 4 aliphatic rings. The number of nitrogens with zero attached hydrogens (tertiary/aromatic N) is 5. The molecule has 8 unspecified atom stereocenters. The lowest BCUT2D eigenvalue weighted by molar-refractivity contribution is -0.152. The van der Waals surface area contributed by atoms with Gasteiger partial charge in [-0.15, -0.1) is 0 Å². The summed E-state index contributed by atoms with van der Waals surface area (Å²) < 4.78 is 6.04. The Hall–Kier alpha value is -3.50. The zero-order valence-corrected chi connectivity index (χ0v) is 40.9. The van der Waals surface area contributed by atoms with Crippen molar-refractivity contribution in [2.24, 2.45) is 46.3 Å². The molecule has 0 aromatic carbocycles. The Morgan fingerprint density at radius 3 is 2.27 bits per heavy atom. The van der Waals surface area contributed by atoms with E-state index in [0.717, 1.165) is 117 Å². The molecule has 3 fully saturated rings. The van der Waals surface area contributed by atoms with Gasteiger partial charge in [-0.2, -0.15) is 0 Å². The molecule has 0 radical (unpaired) electrons. The van der Waals surface area contributed by atoms with Crippen LogP contribution in [0.3, 0.4) is 0 Å². The maximum Gasteiger partial charge on any atom is 0.306 e. The number of rotatable bonds is 23. The molecular formula is C53H85N7O3. The maximum absolute atomic E-state index is 13.0. The Morgan fingerprint density at radius 2 is 1.54 bits per heavy atom. The minimum atomic E-state index is -0.236. The van der Waals surface area contributed by atoms with Crippen molar-refractivity contribution in [2.45, 2.75) is 150 Å². The van der Waals surface area contributed by atoms with Crippen molar-refractivity contribution in [3.8, 4) is 0 Å². The summed E-state index contributed by atoms with van der Waals surface area (Å²) in [5.41, 5.74) is 6.61. The van der Waals surface area contributed by atoms with Crippen LogP contribution in [-0.4, -0.2) is 92.1 Å². The highest BCUT2D eigenvalue weighted by Gasteiger charge is 2.59. The molecule has 2 heterocycles. The van der Waals surface area contributed by atoms with Crippen molar-refractivity contribution >= 4 is 23.3 Å². The molecule has 0 spiro atoms. The molecule has 2 N–H and O–H groups in total. The Balaban J connectivity index is 0.831. The van der Waals surface area contributed by atoms with E-state index in [1.807, 2.05) is 24.5 Å². The number of hydrogen-bond acceptors (Lipinski definition) is 9. The molecule has 0 bridgehead atoms. The van der Waals surface area contributed by atoms with Crippen LogP contribution in [-0.2, 0) is 27.4 Å². The molecule has 2 aromatic rings. The first-order chi connectivity index (χ1) is 30.1. The van der Waals surface area contributed by atoms with Crippen molar-refractivity contribution in [3.05, 3.63) is 59.7 Å². The molecular weight excluding hydrogens is 783 g/mol. The summed E-state index contributed by atoms with van der Waals surface area (Å²) in [7, 11) is 8.37. The lowest BCUT2D eigenvalue weighted by Gasteiger charge is -2.58. The number of unbranched alkanes of at least 4 members (excludes halogenated alkanes) is 1. The Kier molecular flexibility index (Phi) is 17.6. The quantitative estimate of drug-likeness (QED) is 0.0642. The van der Waals surface area contributed by atoms with Gasteiger partial charge in [0, 0.05) is 90.0 Å². The highest BCUT2D eigenvalue weighted by atomic mass is 16.5. The van der Waals surface area contributed by atoms with Crippen LogP contribution in [0.25, 0.3) is 0 Å². The molecule has 350 valence electrons. The average molecular weight is 868 g/mol.